The molecule has 0 spiro atoms. The van der Waals surface area contributed by atoms with Crippen molar-refractivity contribution >= 4 is 29.0 Å². The maximum atomic E-state index is 12.9. The number of carbonyl (C=O) groups is 2. The van der Waals surface area contributed by atoms with E-state index in [4.69, 9.17) is 0 Å². The zero-order valence-electron chi connectivity index (χ0n) is 8.44. The fourth-order valence-corrected chi connectivity index (χ4v) is 2.12. The third kappa shape index (κ3) is 1.99. The minimum atomic E-state index is -0.371. The van der Waals surface area contributed by atoms with Crippen molar-refractivity contribution in [1.29, 1.82) is 0 Å². The van der Waals surface area contributed by atoms with Crippen LogP contribution in [0.25, 0.3) is 6.08 Å². The first kappa shape index (κ1) is 10.9. The molecule has 3 nitrogen and oxygen atoms in total. The topological polar surface area (TPSA) is 37.4 Å². The second kappa shape index (κ2) is 4.09. The Morgan fingerprint density at radius 1 is 1.38 bits per heavy atom. The Hall–Kier alpha value is -1.62. The highest BCUT2D eigenvalue weighted by Gasteiger charge is 2.31. The second-order valence-electron chi connectivity index (χ2n) is 3.30. The van der Waals surface area contributed by atoms with Crippen LogP contribution >= 0.6 is 11.8 Å². The van der Waals surface area contributed by atoms with E-state index in [1.165, 1.54) is 25.3 Å². The summed E-state index contributed by atoms with van der Waals surface area (Å²) < 4.78 is 12.9. The van der Waals surface area contributed by atoms with Crippen LogP contribution in [0, 0.1) is 5.82 Å². The Bertz CT molecular complexity index is 499. The first-order chi connectivity index (χ1) is 7.58. The van der Waals surface area contributed by atoms with Crippen molar-refractivity contribution in [3.8, 4) is 0 Å². The average Bonchev–Trinajstić information content (AvgIpc) is 2.47. The SMILES string of the molecule is CN1C(=O)S/C(=C\c2cccc(F)c2)C1=O. The Labute approximate surface area is 95.9 Å². The molecule has 16 heavy (non-hydrogen) atoms. The van der Waals surface area contributed by atoms with Gasteiger partial charge in [0, 0.05) is 7.05 Å². The molecule has 1 aliphatic heterocycles. The molecule has 82 valence electrons. The maximum absolute atomic E-state index is 12.9. The Balaban J connectivity index is 2.33. The number of thioether (sulfide) groups is 1. The van der Waals surface area contributed by atoms with Crippen molar-refractivity contribution in [2.45, 2.75) is 0 Å². The summed E-state index contributed by atoms with van der Waals surface area (Å²) in [6.07, 6.45) is 1.51. The third-order valence-electron chi connectivity index (χ3n) is 2.13. The summed E-state index contributed by atoms with van der Waals surface area (Å²) in [6.45, 7) is 0. The van der Waals surface area contributed by atoms with Crippen LogP contribution in [0.5, 0.6) is 0 Å². The van der Waals surface area contributed by atoms with Crippen LogP contribution in [0.15, 0.2) is 29.2 Å². The molecule has 0 saturated carbocycles. The maximum Gasteiger partial charge on any atom is 0.293 e. The normalized spacial score (nSPS) is 18.6. The van der Waals surface area contributed by atoms with Gasteiger partial charge >= 0.3 is 0 Å². The molecule has 0 radical (unpaired) electrons. The molecule has 0 atom stereocenters. The molecule has 1 aromatic rings. The van der Waals surface area contributed by atoms with E-state index in [1.54, 1.807) is 12.1 Å². The summed E-state index contributed by atoms with van der Waals surface area (Å²) in [5, 5.41) is -0.312. The molecule has 1 fully saturated rings. The largest absolute Gasteiger partial charge is 0.293 e. The molecule has 2 rings (SSSR count). The highest BCUT2D eigenvalue weighted by molar-refractivity contribution is 8.18. The van der Waals surface area contributed by atoms with E-state index >= 15 is 0 Å². The number of nitrogens with zero attached hydrogens (tertiary/aromatic N) is 1. The van der Waals surface area contributed by atoms with Crippen molar-refractivity contribution in [2.24, 2.45) is 0 Å². The van der Waals surface area contributed by atoms with E-state index in [0.29, 0.717) is 10.5 Å². The van der Waals surface area contributed by atoms with Gasteiger partial charge in [-0.2, -0.15) is 0 Å². The first-order valence-corrected chi connectivity index (χ1v) is 5.37. The molecule has 0 aromatic heterocycles. The van der Waals surface area contributed by atoms with Gasteiger partial charge in [-0.05, 0) is 35.5 Å². The zero-order chi connectivity index (χ0) is 11.7. The van der Waals surface area contributed by atoms with Crippen LogP contribution in [-0.4, -0.2) is 23.1 Å². The van der Waals surface area contributed by atoms with Gasteiger partial charge < -0.3 is 0 Å². The molecule has 5 heteroatoms. The molecule has 0 N–H and O–H groups in total. The number of amides is 2. The van der Waals surface area contributed by atoms with E-state index in [2.05, 4.69) is 0 Å². The van der Waals surface area contributed by atoms with Crippen LogP contribution in [0.4, 0.5) is 9.18 Å². The van der Waals surface area contributed by atoms with E-state index in [0.717, 1.165) is 16.7 Å². The van der Waals surface area contributed by atoms with E-state index < -0.39 is 0 Å². The van der Waals surface area contributed by atoms with Crippen molar-refractivity contribution in [3.05, 3.63) is 40.6 Å². The van der Waals surface area contributed by atoms with Gasteiger partial charge in [-0.25, -0.2) is 4.39 Å². The molecule has 1 aromatic carbocycles. The van der Waals surface area contributed by atoms with Crippen molar-refractivity contribution in [1.82, 2.24) is 4.90 Å². The van der Waals surface area contributed by atoms with Gasteiger partial charge in [0.05, 0.1) is 4.91 Å². The molecule has 0 unspecified atom stereocenters. The molecule has 1 aliphatic rings. The fourth-order valence-electron chi connectivity index (χ4n) is 1.29. The highest BCUT2D eigenvalue weighted by atomic mass is 32.2. The number of imide groups is 1. The van der Waals surface area contributed by atoms with Gasteiger partial charge in [0.1, 0.15) is 5.82 Å². The lowest BCUT2D eigenvalue weighted by Crippen LogP contribution is -2.22. The summed E-state index contributed by atoms with van der Waals surface area (Å²) in [6, 6.07) is 5.86. The monoisotopic (exact) mass is 237 g/mol. The number of benzene rings is 1. The van der Waals surface area contributed by atoms with Crippen LogP contribution in [-0.2, 0) is 4.79 Å². The summed E-state index contributed by atoms with van der Waals surface area (Å²) in [5.74, 6) is -0.719. The van der Waals surface area contributed by atoms with E-state index in [9.17, 15) is 14.0 Å². The second-order valence-corrected chi connectivity index (χ2v) is 4.29. The van der Waals surface area contributed by atoms with Gasteiger partial charge in [-0.3, -0.25) is 14.5 Å². The number of likely N-dealkylation sites (N-methyl/N-ethyl adjacent to an activating group) is 1. The van der Waals surface area contributed by atoms with Gasteiger partial charge in [0.15, 0.2) is 0 Å². The molecule has 0 bridgehead atoms. The molecule has 0 aliphatic carbocycles. The molecular weight excluding hydrogens is 229 g/mol. The lowest BCUT2D eigenvalue weighted by Gasteiger charge is -2.00. The molecule has 1 saturated heterocycles. The van der Waals surface area contributed by atoms with E-state index in [-0.39, 0.29) is 17.0 Å². The minimum Gasteiger partial charge on any atom is -0.272 e. The lowest BCUT2D eigenvalue weighted by atomic mass is 10.2. The zero-order valence-corrected chi connectivity index (χ0v) is 9.25. The van der Waals surface area contributed by atoms with Gasteiger partial charge in [0.25, 0.3) is 11.1 Å². The number of hydrogen-bond acceptors (Lipinski definition) is 3. The summed E-state index contributed by atoms with van der Waals surface area (Å²) in [5.41, 5.74) is 0.568. The summed E-state index contributed by atoms with van der Waals surface area (Å²) in [4.78, 5) is 24.1. The van der Waals surface area contributed by atoms with Crippen molar-refractivity contribution < 1.29 is 14.0 Å². The predicted octanol–water partition coefficient (Wildman–Crippen LogP) is 2.49. The number of carbonyl (C=O) groups excluding carboxylic acids is 2. The molecular formula is C11H8FNO2S. The highest BCUT2D eigenvalue weighted by Crippen LogP contribution is 2.30. The number of hydrogen-bond donors (Lipinski definition) is 0. The predicted molar refractivity (Wildman–Crippen MR) is 60.1 cm³/mol. The first-order valence-electron chi connectivity index (χ1n) is 4.55. The third-order valence-corrected chi connectivity index (χ3v) is 3.09. The fraction of sp³-hybridized carbons (Fsp3) is 0.0909. The van der Waals surface area contributed by atoms with Crippen LogP contribution in [0.1, 0.15) is 5.56 Å². The Kier molecular flexibility index (Phi) is 2.78. The number of halogens is 1. The Morgan fingerprint density at radius 2 is 2.12 bits per heavy atom. The smallest absolute Gasteiger partial charge is 0.272 e. The van der Waals surface area contributed by atoms with Gasteiger partial charge in [-0.15, -0.1) is 0 Å². The van der Waals surface area contributed by atoms with Gasteiger partial charge in [-0.1, -0.05) is 12.1 Å². The molecule has 2 amide bonds. The van der Waals surface area contributed by atoms with Crippen LogP contribution in [0.2, 0.25) is 0 Å². The van der Waals surface area contributed by atoms with Crippen molar-refractivity contribution in [3.63, 3.8) is 0 Å². The standard InChI is InChI=1S/C11H8FNO2S/c1-13-10(14)9(16-11(13)15)6-7-3-2-4-8(12)5-7/h2-6H,1H3/b9-6-. The van der Waals surface area contributed by atoms with Crippen molar-refractivity contribution in [2.75, 3.05) is 7.05 Å². The summed E-state index contributed by atoms with van der Waals surface area (Å²) >= 11 is 0.859. The quantitative estimate of drug-likeness (QED) is 0.704. The van der Waals surface area contributed by atoms with Crippen LogP contribution < -0.4 is 0 Å². The minimum absolute atomic E-state index is 0.312. The van der Waals surface area contributed by atoms with Crippen LogP contribution in [0.3, 0.4) is 0 Å². The average molecular weight is 237 g/mol. The Morgan fingerprint density at radius 3 is 2.69 bits per heavy atom. The molecule has 1 heterocycles. The van der Waals surface area contributed by atoms with E-state index in [1.807, 2.05) is 0 Å². The lowest BCUT2D eigenvalue weighted by molar-refractivity contribution is -0.121. The summed E-state index contributed by atoms with van der Waals surface area (Å²) in [7, 11) is 1.42. The van der Waals surface area contributed by atoms with Gasteiger partial charge in [0.2, 0.25) is 0 Å². The number of rotatable bonds is 1.